The van der Waals surface area contributed by atoms with E-state index >= 15 is 0 Å². The summed E-state index contributed by atoms with van der Waals surface area (Å²) in [4.78, 5) is 13.9. The molecule has 0 saturated carbocycles. The summed E-state index contributed by atoms with van der Waals surface area (Å²) < 4.78 is 5.28. The first-order chi connectivity index (χ1) is 8.28. The molecule has 1 atom stereocenters. The van der Waals surface area contributed by atoms with Crippen LogP contribution in [-0.4, -0.2) is 47.3 Å². The molecule has 106 valence electrons. The first kappa shape index (κ1) is 15.4. The molecule has 0 aromatic heterocycles. The first-order valence-electron chi connectivity index (χ1n) is 6.90. The minimum absolute atomic E-state index is 0.125. The zero-order valence-electron chi connectivity index (χ0n) is 12.1. The van der Waals surface area contributed by atoms with Gasteiger partial charge in [-0.2, -0.15) is 0 Å². The number of hydrogen-bond donors (Lipinski definition) is 1. The maximum absolute atomic E-state index is 11.6. The van der Waals surface area contributed by atoms with Crippen LogP contribution in [0.15, 0.2) is 0 Å². The molecule has 0 bridgehead atoms. The molecule has 1 aliphatic rings. The van der Waals surface area contributed by atoms with Crippen molar-refractivity contribution in [2.45, 2.75) is 58.7 Å². The molecule has 1 saturated heterocycles. The Labute approximate surface area is 110 Å². The summed E-state index contributed by atoms with van der Waals surface area (Å²) in [6.45, 7) is 10.2. The van der Waals surface area contributed by atoms with Gasteiger partial charge in [-0.1, -0.05) is 0 Å². The molecule has 1 fully saturated rings. The van der Waals surface area contributed by atoms with Gasteiger partial charge in [0, 0.05) is 6.54 Å². The maximum Gasteiger partial charge on any atom is 0.307 e. The van der Waals surface area contributed by atoms with Crippen LogP contribution >= 0.6 is 0 Å². The summed E-state index contributed by atoms with van der Waals surface area (Å²) in [6.07, 6.45) is 2.28. The van der Waals surface area contributed by atoms with Gasteiger partial charge in [0.1, 0.15) is 5.60 Å². The molecule has 0 aliphatic carbocycles. The number of likely N-dealkylation sites (tertiary alicyclic amines) is 1. The van der Waals surface area contributed by atoms with E-state index in [1.165, 1.54) is 0 Å². The number of esters is 1. The molecule has 0 amide bonds. The Balaban J connectivity index is 2.20. The summed E-state index contributed by atoms with van der Waals surface area (Å²) >= 11 is 0. The van der Waals surface area contributed by atoms with Crippen molar-refractivity contribution in [2.75, 3.05) is 19.6 Å². The third-order valence-electron chi connectivity index (χ3n) is 3.37. The van der Waals surface area contributed by atoms with E-state index in [-0.39, 0.29) is 12.1 Å². The summed E-state index contributed by atoms with van der Waals surface area (Å²) in [7, 11) is 0. The molecular weight excluding hydrogens is 230 g/mol. The fraction of sp³-hybridized carbons (Fsp3) is 0.929. The molecule has 1 aliphatic heterocycles. The Kier molecular flexibility index (Phi) is 5.60. The van der Waals surface area contributed by atoms with Gasteiger partial charge in [-0.25, -0.2) is 0 Å². The Morgan fingerprint density at radius 3 is 2.39 bits per heavy atom. The highest BCUT2D eigenvalue weighted by Crippen LogP contribution is 2.20. The van der Waals surface area contributed by atoms with Gasteiger partial charge in [0.25, 0.3) is 0 Å². The van der Waals surface area contributed by atoms with Crippen molar-refractivity contribution in [1.29, 1.82) is 0 Å². The number of piperidine rings is 1. The van der Waals surface area contributed by atoms with Gasteiger partial charge in [-0.3, -0.25) is 4.79 Å². The number of aliphatic hydroxyl groups is 1. The SMILES string of the molecule is CC(O)C1CCN(CCC(=O)OC(C)(C)C)CC1. The van der Waals surface area contributed by atoms with Crippen LogP contribution < -0.4 is 0 Å². The van der Waals surface area contributed by atoms with Crippen LogP contribution in [0.5, 0.6) is 0 Å². The molecule has 1 heterocycles. The Morgan fingerprint density at radius 1 is 1.39 bits per heavy atom. The Morgan fingerprint density at radius 2 is 1.94 bits per heavy atom. The van der Waals surface area contributed by atoms with E-state index in [4.69, 9.17) is 4.74 Å². The number of aliphatic hydroxyl groups excluding tert-OH is 1. The third-order valence-corrected chi connectivity index (χ3v) is 3.37. The van der Waals surface area contributed by atoms with Crippen molar-refractivity contribution in [1.82, 2.24) is 4.90 Å². The van der Waals surface area contributed by atoms with Gasteiger partial charge in [0.15, 0.2) is 0 Å². The molecule has 0 radical (unpaired) electrons. The maximum atomic E-state index is 11.6. The van der Waals surface area contributed by atoms with Crippen LogP contribution in [-0.2, 0) is 9.53 Å². The highest BCUT2D eigenvalue weighted by Gasteiger charge is 2.23. The molecule has 4 nitrogen and oxygen atoms in total. The Hall–Kier alpha value is -0.610. The van der Waals surface area contributed by atoms with Crippen LogP contribution in [0, 0.1) is 5.92 Å². The predicted molar refractivity (Wildman–Crippen MR) is 71.3 cm³/mol. The molecule has 1 unspecified atom stereocenters. The van der Waals surface area contributed by atoms with Gasteiger partial charge >= 0.3 is 5.97 Å². The monoisotopic (exact) mass is 257 g/mol. The van der Waals surface area contributed by atoms with Gasteiger partial charge < -0.3 is 14.7 Å². The topological polar surface area (TPSA) is 49.8 Å². The van der Waals surface area contributed by atoms with Crippen molar-refractivity contribution in [3.63, 3.8) is 0 Å². The zero-order chi connectivity index (χ0) is 13.8. The number of carbonyl (C=O) groups excluding carboxylic acids is 1. The molecule has 0 aromatic rings. The number of nitrogens with zero attached hydrogens (tertiary/aromatic N) is 1. The largest absolute Gasteiger partial charge is 0.460 e. The van der Waals surface area contributed by atoms with E-state index in [2.05, 4.69) is 4.90 Å². The lowest BCUT2D eigenvalue weighted by Crippen LogP contribution is -2.38. The predicted octanol–water partition coefficient (Wildman–Crippen LogP) is 1.81. The van der Waals surface area contributed by atoms with Gasteiger partial charge in [0.2, 0.25) is 0 Å². The second-order valence-electron chi connectivity index (χ2n) is 6.26. The number of hydrogen-bond acceptors (Lipinski definition) is 4. The van der Waals surface area contributed by atoms with E-state index in [9.17, 15) is 9.90 Å². The van der Waals surface area contributed by atoms with Crippen molar-refractivity contribution in [2.24, 2.45) is 5.92 Å². The molecule has 0 spiro atoms. The lowest BCUT2D eigenvalue weighted by Gasteiger charge is -2.33. The minimum Gasteiger partial charge on any atom is -0.460 e. The van der Waals surface area contributed by atoms with E-state index in [1.54, 1.807) is 0 Å². The second-order valence-corrected chi connectivity index (χ2v) is 6.26. The summed E-state index contributed by atoms with van der Waals surface area (Å²) in [5.74, 6) is 0.294. The standard InChI is InChI=1S/C14H27NO3/c1-11(16)12-5-8-15(9-6-12)10-7-13(17)18-14(2,3)4/h11-12,16H,5-10H2,1-4H3. The fourth-order valence-electron chi connectivity index (χ4n) is 2.30. The van der Waals surface area contributed by atoms with Gasteiger partial charge in [0.05, 0.1) is 12.5 Å². The number of ether oxygens (including phenoxy) is 1. The number of rotatable bonds is 4. The zero-order valence-corrected chi connectivity index (χ0v) is 12.1. The van der Waals surface area contributed by atoms with Crippen LogP contribution in [0.3, 0.4) is 0 Å². The van der Waals surface area contributed by atoms with Gasteiger partial charge in [-0.05, 0) is 59.5 Å². The lowest BCUT2D eigenvalue weighted by atomic mass is 9.92. The van der Waals surface area contributed by atoms with E-state index < -0.39 is 5.60 Å². The fourth-order valence-corrected chi connectivity index (χ4v) is 2.30. The average molecular weight is 257 g/mol. The normalized spacial score (nSPS) is 20.7. The highest BCUT2D eigenvalue weighted by molar-refractivity contribution is 5.70. The average Bonchev–Trinajstić information content (AvgIpc) is 2.24. The van der Waals surface area contributed by atoms with Crippen molar-refractivity contribution < 1.29 is 14.6 Å². The summed E-state index contributed by atoms with van der Waals surface area (Å²) in [6, 6.07) is 0. The van der Waals surface area contributed by atoms with Crippen molar-refractivity contribution >= 4 is 5.97 Å². The van der Waals surface area contributed by atoms with Crippen LogP contribution in [0.25, 0.3) is 0 Å². The summed E-state index contributed by atoms with van der Waals surface area (Å²) in [5.41, 5.74) is -0.392. The van der Waals surface area contributed by atoms with Gasteiger partial charge in [-0.15, -0.1) is 0 Å². The molecular formula is C14H27NO3. The smallest absolute Gasteiger partial charge is 0.307 e. The number of carbonyl (C=O) groups is 1. The lowest BCUT2D eigenvalue weighted by molar-refractivity contribution is -0.155. The van der Waals surface area contributed by atoms with Crippen molar-refractivity contribution in [3.8, 4) is 0 Å². The molecule has 1 rings (SSSR count). The quantitative estimate of drug-likeness (QED) is 0.780. The molecule has 4 heteroatoms. The van der Waals surface area contributed by atoms with Crippen LogP contribution in [0.4, 0.5) is 0 Å². The highest BCUT2D eigenvalue weighted by atomic mass is 16.6. The van der Waals surface area contributed by atoms with E-state index in [0.717, 1.165) is 32.5 Å². The van der Waals surface area contributed by atoms with Crippen LogP contribution in [0.1, 0.15) is 47.0 Å². The minimum atomic E-state index is -0.392. The van der Waals surface area contributed by atoms with Crippen molar-refractivity contribution in [3.05, 3.63) is 0 Å². The second kappa shape index (κ2) is 6.53. The molecule has 0 aromatic carbocycles. The summed E-state index contributed by atoms with van der Waals surface area (Å²) in [5, 5.41) is 9.52. The first-order valence-corrected chi connectivity index (χ1v) is 6.90. The van der Waals surface area contributed by atoms with Crippen LogP contribution in [0.2, 0.25) is 0 Å². The molecule has 1 N–H and O–H groups in total. The van der Waals surface area contributed by atoms with E-state index in [1.807, 2.05) is 27.7 Å². The third kappa shape index (κ3) is 5.83. The van der Waals surface area contributed by atoms with E-state index in [0.29, 0.717) is 12.3 Å². The molecule has 18 heavy (non-hydrogen) atoms. The Bertz CT molecular complexity index is 263.